The average Bonchev–Trinajstić information content (AvgIpc) is 2.83. The SMILES string of the molecule is O=CS(=O)(=O)c1ccc(C2N=NN=N2)cc1. The van der Waals surface area contributed by atoms with Gasteiger partial charge in [0.25, 0.3) is 0 Å². The van der Waals surface area contributed by atoms with E-state index in [1.54, 1.807) is 0 Å². The Hall–Kier alpha value is -1.96. The van der Waals surface area contributed by atoms with Gasteiger partial charge < -0.3 is 0 Å². The zero-order valence-electron chi connectivity index (χ0n) is 7.89. The summed E-state index contributed by atoms with van der Waals surface area (Å²) in [7, 11) is -3.83. The van der Waals surface area contributed by atoms with E-state index in [4.69, 9.17) is 0 Å². The Bertz CT molecular complexity index is 549. The monoisotopic (exact) mass is 238 g/mol. The maximum absolute atomic E-state index is 11.2. The predicted octanol–water partition coefficient (Wildman–Crippen LogP) is 1.48. The van der Waals surface area contributed by atoms with Gasteiger partial charge in [0.2, 0.25) is 21.6 Å². The molecule has 0 saturated carbocycles. The number of hydrogen-bond acceptors (Lipinski definition) is 7. The summed E-state index contributed by atoms with van der Waals surface area (Å²) in [6.45, 7) is 0. The molecule has 8 heteroatoms. The Morgan fingerprint density at radius 3 is 2.12 bits per heavy atom. The van der Waals surface area contributed by atoms with Crippen LogP contribution in [0.1, 0.15) is 11.7 Å². The molecular weight excluding hydrogens is 232 g/mol. The summed E-state index contributed by atoms with van der Waals surface area (Å²) in [5.74, 6) is 0. The summed E-state index contributed by atoms with van der Waals surface area (Å²) >= 11 is 0. The molecule has 0 amide bonds. The number of benzene rings is 1. The fourth-order valence-corrected chi connectivity index (χ4v) is 1.81. The molecule has 1 heterocycles. The van der Waals surface area contributed by atoms with Crippen molar-refractivity contribution in [1.82, 2.24) is 0 Å². The molecule has 0 aliphatic carbocycles. The van der Waals surface area contributed by atoms with Crippen molar-refractivity contribution in [2.45, 2.75) is 11.1 Å². The van der Waals surface area contributed by atoms with Gasteiger partial charge in [-0.3, -0.25) is 4.79 Å². The molecule has 1 aromatic rings. The van der Waals surface area contributed by atoms with Gasteiger partial charge in [0.1, 0.15) is 0 Å². The Balaban J connectivity index is 2.33. The van der Waals surface area contributed by atoms with Crippen molar-refractivity contribution in [1.29, 1.82) is 0 Å². The predicted molar refractivity (Wildman–Crippen MR) is 52.8 cm³/mol. The van der Waals surface area contributed by atoms with Gasteiger partial charge in [-0.1, -0.05) is 12.1 Å². The molecule has 0 radical (unpaired) electrons. The molecule has 0 saturated heterocycles. The zero-order valence-corrected chi connectivity index (χ0v) is 8.70. The number of rotatable bonds is 3. The molecule has 1 aromatic carbocycles. The summed E-state index contributed by atoms with van der Waals surface area (Å²) < 4.78 is 22.4. The van der Waals surface area contributed by atoms with Crippen molar-refractivity contribution in [2.75, 3.05) is 0 Å². The number of carbonyl (C=O) groups excluding carboxylic acids is 1. The van der Waals surface area contributed by atoms with Gasteiger partial charge in [0, 0.05) is 5.56 Å². The van der Waals surface area contributed by atoms with Gasteiger partial charge in [-0.2, -0.15) is 0 Å². The molecule has 7 nitrogen and oxygen atoms in total. The molecular formula is C8H6N4O3S. The first kappa shape index (κ1) is 10.6. The quantitative estimate of drug-likeness (QED) is 0.745. The van der Waals surface area contributed by atoms with Crippen LogP contribution in [0.15, 0.2) is 49.8 Å². The molecule has 0 atom stereocenters. The topological polar surface area (TPSA) is 101 Å². The fraction of sp³-hybridized carbons (Fsp3) is 0.125. The van der Waals surface area contributed by atoms with Gasteiger partial charge in [0.05, 0.1) is 4.90 Å². The molecule has 0 aromatic heterocycles. The third-order valence-corrected chi connectivity index (χ3v) is 3.18. The average molecular weight is 238 g/mol. The minimum atomic E-state index is -3.83. The molecule has 0 N–H and O–H groups in total. The molecule has 0 bridgehead atoms. The molecule has 1 aliphatic rings. The number of sulfone groups is 1. The maximum atomic E-state index is 11.2. The van der Waals surface area contributed by atoms with E-state index in [9.17, 15) is 13.2 Å². The van der Waals surface area contributed by atoms with Crippen molar-refractivity contribution >= 4 is 15.5 Å². The lowest BCUT2D eigenvalue weighted by Crippen LogP contribution is -2.01. The Morgan fingerprint density at radius 1 is 1.06 bits per heavy atom. The molecule has 82 valence electrons. The molecule has 2 rings (SSSR count). The Morgan fingerprint density at radius 2 is 1.62 bits per heavy atom. The summed E-state index contributed by atoms with van der Waals surface area (Å²) in [5.41, 5.74) is 0.576. The lowest BCUT2D eigenvalue weighted by atomic mass is 10.2. The Labute approximate surface area is 90.8 Å². The van der Waals surface area contributed by atoms with Gasteiger partial charge in [-0.15, -0.1) is 10.2 Å². The first-order valence-corrected chi connectivity index (χ1v) is 5.78. The van der Waals surface area contributed by atoms with E-state index in [2.05, 4.69) is 20.7 Å². The third-order valence-electron chi connectivity index (χ3n) is 2.00. The van der Waals surface area contributed by atoms with Crippen LogP contribution in [0, 0.1) is 0 Å². The highest BCUT2D eigenvalue weighted by atomic mass is 32.2. The first-order chi connectivity index (χ1) is 7.63. The highest BCUT2D eigenvalue weighted by Gasteiger charge is 2.16. The summed E-state index contributed by atoms with van der Waals surface area (Å²) in [4.78, 5) is 10.3. The molecule has 1 aliphatic heterocycles. The van der Waals surface area contributed by atoms with E-state index < -0.39 is 16.0 Å². The van der Waals surface area contributed by atoms with E-state index in [1.807, 2.05) is 0 Å². The van der Waals surface area contributed by atoms with Gasteiger partial charge >= 0.3 is 0 Å². The van der Waals surface area contributed by atoms with Crippen molar-refractivity contribution in [3.63, 3.8) is 0 Å². The fourth-order valence-electron chi connectivity index (χ4n) is 1.19. The van der Waals surface area contributed by atoms with Crippen LogP contribution in [-0.4, -0.2) is 14.0 Å². The van der Waals surface area contributed by atoms with Crippen LogP contribution in [0.3, 0.4) is 0 Å². The van der Waals surface area contributed by atoms with Crippen molar-refractivity contribution in [3.8, 4) is 0 Å². The normalized spacial score (nSPS) is 15.5. The van der Waals surface area contributed by atoms with E-state index in [0.29, 0.717) is 5.56 Å². The standard InChI is InChI=1S/C8H6N4O3S/c13-5-16(14,15)7-3-1-6(2-4-7)8-9-11-12-10-8/h1-5,8H. The van der Waals surface area contributed by atoms with Gasteiger partial charge in [-0.25, -0.2) is 8.42 Å². The van der Waals surface area contributed by atoms with Crippen LogP contribution in [0.5, 0.6) is 0 Å². The van der Waals surface area contributed by atoms with Crippen LogP contribution >= 0.6 is 0 Å². The van der Waals surface area contributed by atoms with Crippen LogP contribution in [-0.2, 0) is 14.6 Å². The highest BCUT2D eigenvalue weighted by molar-refractivity contribution is 8.04. The van der Waals surface area contributed by atoms with E-state index in [-0.39, 0.29) is 10.5 Å². The lowest BCUT2D eigenvalue weighted by molar-refractivity contribution is 0.556. The molecule has 0 spiro atoms. The number of carbonyl (C=O) groups is 1. The summed E-state index contributed by atoms with van der Waals surface area (Å²) in [6.07, 6.45) is -0.520. The molecule has 0 unspecified atom stereocenters. The van der Waals surface area contributed by atoms with Crippen molar-refractivity contribution in [3.05, 3.63) is 29.8 Å². The first-order valence-electron chi connectivity index (χ1n) is 4.24. The summed E-state index contributed by atoms with van der Waals surface area (Å²) in [5, 5.41) is 14.1. The minimum Gasteiger partial charge on any atom is -0.285 e. The molecule has 16 heavy (non-hydrogen) atoms. The van der Waals surface area contributed by atoms with Crippen molar-refractivity contribution < 1.29 is 13.2 Å². The Kier molecular flexibility index (Phi) is 2.57. The second-order valence-electron chi connectivity index (χ2n) is 2.99. The molecule has 0 fully saturated rings. The van der Waals surface area contributed by atoms with Crippen LogP contribution in [0.4, 0.5) is 0 Å². The van der Waals surface area contributed by atoms with Crippen LogP contribution < -0.4 is 0 Å². The van der Waals surface area contributed by atoms with Gasteiger partial charge in [0.15, 0.2) is 0 Å². The largest absolute Gasteiger partial charge is 0.285 e. The lowest BCUT2D eigenvalue weighted by Gasteiger charge is -2.02. The number of nitrogens with zero attached hydrogens (tertiary/aromatic N) is 4. The highest BCUT2D eigenvalue weighted by Crippen LogP contribution is 2.24. The number of hydrogen-bond donors (Lipinski definition) is 0. The van der Waals surface area contributed by atoms with Gasteiger partial charge in [-0.05, 0) is 22.6 Å². The smallest absolute Gasteiger partial charge is 0.238 e. The van der Waals surface area contributed by atoms with E-state index in [0.717, 1.165) is 0 Å². The van der Waals surface area contributed by atoms with Crippen molar-refractivity contribution in [2.24, 2.45) is 20.7 Å². The van der Waals surface area contributed by atoms with Crippen LogP contribution in [0.25, 0.3) is 0 Å². The van der Waals surface area contributed by atoms with Crippen LogP contribution in [0.2, 0.25) is 0 Å². The second kappa shape index (κ2) is 3.89. The third kappa shape index (κ3) is 1.87. The second-order valence-corrected chi connectivity index (χ2v) is 4.75. The maximum Gasteiger partial charge on any atom is 0.238 e. The van der Waals surface area contributed by atoms with E-state index in [1.165, 1.54) is 24.3 Å². The van der Waals surface area contributed by atoms with E-state index >= 15 is 0 Å². The summed E-state index contributed by atoms with van der Waals surface area (Å²) in [6, 6.07) is 5.68. The minimum absolute atomic E-state index is 0.0573. The zero-order chi connectivity index (χ0) is 11.6.